The number of sulfonamides is 1. The maximum absolute atomic E-state index is 12.3. The maximum atomic E-state index is 12.3. The lowest BCUT2D eigenvalue weighted by Crippen LogP contribution is -2.46. The summed E-state index contributed by atoms with van der Waals surface area (Å²) in [7, 11) is -3.58. The second kappa shape index (κ2) is 5.34. The number of rotatable bonds is 3. The summed E-state index contributed by atoms with van der Waals surface area (Å²) in [5.74, 6) is 0. The number of hydrogen-bond acceptors (Lipinski definition) is 4. The molecule has 0 amide bonds. The third kappa shape index (κ3) is 3.43. The Bertz CT molecular complexity index is 543. The van der Waals surface area contributed by atoms with Crippen LogP contribution in [0.5, 0.6) is 0 Å². The second-order valence-corrected chi connectivity index (χ2v) is 7.65. The standard InChI is InChI=1S/C12H18ClN3O2S/c1-12(2)6-4-3-5-10(12)16-19(17,18)9-7-14-11(13)15-8-9/h7-8,10,16H,3-6H2,1-2H3. The summed E-state index contributed by atoms with van der Waals surface area (Å²) in [6.45, 7) is 4.19. The SMILES string of the molecule is CC1(C)CCCCC1NS(=O)(=O)c1cnc(Cl)nc1. The fourth-order valence-electron chi connectivity index (χ4n) is 2.41. The van der Waals surface area contributed by atoms with Crippen molar-refractivity contribution in [2.24, 2.45) is 5.41 Å². The van der Waals surface area contributed by atoms with E-state index >= 15 is 0 Å². The molecule has 1 aliphatic carbocycles. The average molecular weight is 304 g/mol. The van der Waals surface area contributed by atoms with Crippen molar-refractivity contribution in [2.45, 2.75) is 50.5 Å². The van der Waals surface area contributed by atoms with Crippen molar-refractivity contribution < 1.29 is 8.42 Å². The molecule has 7 heteroatoms. The highest BCUT2D eigenvalue weighted by Gasteiger charge is 2.35. The molecule has 1 heterocycles. The molecule has 1 saturated carbocycles. The molecule has 1 atom stereocenters. The van der Waals surface area contributed by atoms with Gasteiger partial charge in [0.2, 0.25) is 15.3 Å². The van der Waals surface area contributed by atoms with Gasteiger partial charge in [-0.15, -0.1) is 0 Å². The molecule has 0 aromatic carbocycles. The van der Waals surface area contributed by atoms with Crippen LogP contribution in [0.3, 0.4) is 0 Å². The Morgan fingerprint density at radius 1 is 1.32 bits per heavy atom. The first-order chi connectivity index (χ1) is 8.81. The first kappa shape index (κ1) is 14.7. The van der Waals surface area contributed by atoms with Crippen molar-refractivity contribution in [3.8, 4) is 0 Å². The van der Waals surface area contributed by atoms with E-state index in [1.807, 2.05) is 0 Å². The predicted molar refractivity (Wildman–Crippen MR) is 73.4 cm³/mol. The molecule has 1 fully saturated rings. The molecule has 19 heavy (non-hydrogen) atoms. The van der Waals surface area contributed by atoms with Crippen LogP contribution in [-0.4, -0.2) is 24.4 Å². The summed E-state index contributed by atoms with van der Waals surface area (Å²) in [6, 6.07) is -0.0538. The van der Waals surface area contributed by atoms with E-state index in [4.69, 9.17) is 11.6 Å². The van der Waals surface area contributed by atoms with Gasteiger partial charge in [-0.2, -0.15) is 0 Å². The summed E-state index contributed by atoms with van der Waals surface area (Å²) in [4.78, 5) is 7.47. The maximum Gasteiger partial charge on any atom is 0.243 e. The van der Waals surface area contributed by atoms with Crippen molar-refractivity contribution in [1.82, 2.24) is 14.7 Å². The molecule has 1 aromatic rings. The summed E-state index contributed by atoms with van der Waals surface area (Å²) >= 11 is 5.56. The molecule has 1 aromatic heterocycles. The van der Waals surface area contributed by atoms with Crippen LogP contribution >= 0.6 is 11.6 Å². The molecule has 0 bridgehead atoms. The van der Waals surface area contributed by atoms with Crippen molar-refractivity contribution in [2.75, 3.05) is 0 Å². The average Bonchev–Trinajstić information content (AvgIpc) is 2.32. The molecule has 2 rings (SSSR count). The smallest absolute Gasteiger partial charge is 0.225 e. The van der Waals surface area contributed by atoms with Gasteiger partial charge in [-0.25, -0.2) is 23.1 Å². The Morgan fingerprint density at radius 2 is 1.95 bits per heavy atom. The number of aromatic nitrogens is 2. The van der Waals surface area contributed by atoms with E-state index in [9.17, 15) is 8.42 Å². The molecule has 1 aliphatic rings. The summed E-state index contributed by atoms with van der Waals surface area (Å²) < 4.78 is 27.3. The lowest BCUT2D eigenvalue weighted by molar-refractivity contribution is 0.188. The molecule has 1 N–H and O–H groups in total. The zero-order chi connectivity index (χ0) is 14.1. The van der Waals surface area contributed by atoms with Crippen molar-refractivity contribution in [3.63, 3.8) is 0 Å². The van der Waals surface area contributed by atoms with Crippen LogP contribution < -0.4 is 4.72 Å². The summed E-state index contributed by atoms with van der Waals surface area (Å²) in [5.41, 5.74) is -0.0292. The fourth-order valence-corrected chi connectivity index (χ4v) is 3.84. The Labute approximate surface area is 118 Å². The van der Waals surface area contributed by atoms with Gasteiger partial charge in [0, 0.05) is 6.04 Å². The van der Waals surface area contributed by atoms with Crippen LogP contribution in [0.4, 0.5) is 0 Å². The minimum absolute atomic E-state index is 0.0292. The second-order valence-electron chi connectivity index (χ2n) is 5.60. The van der Waals surface area contributed by atoms with E-state index in [2.05, 4.69) is 28.5 Å². The highest BCUT2D eigenvalue weighted by Crippen LogP contribution is 2.36. The lowest BCUT2D eigenvalue weighted by Gasteiger charge is -2.38. The molecule has 0 spiro atoms. The van der Waals surface area contributed by atoms with Crippen molar-refractivity contribution in [3.05, 3.63) is 17.7 Å². The van der Waals surface area contributed by atoms with Gasteiger partial charge >= 0.3 is 0 Å². The van der Waals surface area contributed by atoms with E-state index in [1.54, 1.807) is 0 Å². The van der Waals surface area contributed by atoms with E-state index in [0.29, 0.717) is 0 Å². The third-order valence-electron chi connectivity index (χ3n) is 3.71. The topological polar surface area (TPSA) is 72.0 Å². The molecule has 1 unspecified atom stereocenters. The highest BCUT2D eigenvalue weighted by atomic mass is 35.5. The van der Waals surface area contributed by atoms with Gasteiger partial charge in [0.25, 0.3) is 0 Å². The first-order valence-corrected chi connectivity index (χ1v) is 8.17. The van der Waals surface area contributed by atoms with Crippen LogP contribution in [0.15, 0.2) is 17.3 Å². The van der Waals surface area contributed by atoms with Crippen LogP contribution in [-0.2, 0) is 10.0 Å². The van der Waals surface area contributed by atoms with E-state index in [0.717, 1.165) is 25.7 Å². The zero-order valence-electron chi connectivity index (χ0n) is 11.1. The Balaban J connectivity index is 2.19. The van der Waals surface area contributed by atoms with Gasteiger partial charge in [0.05, 0.1) is 12.4 Å². The molecule has 0 saturated heterocycles. The third-order valence-corrected chi connectivity index (χ3v) is 5.33. The van der Waals surface area contributed by atoms with Gasteiger partial charge in [-0.3, -0.25) is 0 Å². The molecule has 5 nitrogen and oxygen atoms in total. The molecule has 0 aliphatic heterocycles. The minimum Gasteiger partial charge on any atom is -0.225 e. The van der Waals surface area contributed by atoms with Gasteiger partial charge in [0.15, 0.2) is 0 Å². The molecule has 106 valence electrons. The van der Waals surface area contributed by atoms with E-state index < -0.39 is 10.0 Å². The number of nitrogens with zero attached hydrogens (tertiary/aromatic N) is 2. The van der Waals surface area contributed by atoms with Crippen LogP contribution in [0.2, 0.25) is 5.28 Å². The van der Waals surface area contributed by atoms with Crippen molar-refractivity contribution in [1.29, 1.82) is 0 Å². The Morgan fingerprint density at radius 3 is 2.53 bits per heavy atom. The largest absolute Gasteiger partial charge is 0.243 e. The van der Waals surface area contributed by atoms with E-state index in [1.165, 1.54) is 12.4 Å². The van der Waals surface area contributed by atoms with Gasteiger partial charge in [-0.1, -0.05) is 26.7 Å². The Kier molecular flexibility index (Phi) is 4.13. The minimum atomic E-state index is -3.58. The summed E-state index contributed by atoms with van der Waals surface area (Å²) in [5, 5.41) is 0.0388. The fraction of sp³-hybridized carbons (Fsp3) is 0.667. The highest BCUT2D eigenvalue weighted by molar-refractivity contribution is 7.89. The van der Waals surface area contributed by atoms with Crippen LogP contribution in [0.25, 0.3) is 0 Å². The van der Waals surface area contributed by atoms with Crippen molar-refractivity contribution >= 4 is 21.6 Å². The normalized spacial score (nSPS) is 23.2. The van der Waals surface area contributed by atoms with Crippen LogP contribution in [0.1, 0.15) is 39.5 Å². The quantitative estimate of drug-likeness (QED) is 0.870. The Hall–Kier alpha value is -0.720. The van der Waals surface area contributed by atoms with Gasteiger partial charge < -0.3 is 0 Å². The number of nitrogens with one attached hydrogen (secondary N) is 1. The molecular weight excluding hydrogens is 286 g/mol. The van der Waals surface area contributed by atoms with Gasteiger partial charge in [0.1, 0.15) is 4.90 Å². The lowest BCUT2D eigenvalue weighted by atomic mass is 9.74. The number of hydrogen-bond donors (Lipinski definition) is 1. The van der Waals surface area contributed by atoms with E-state index in [-0.39, 0.29) is 21.6 Å². The summed E-state index contributed by atoms with van der Waals surface area (Å²) in [6.07, 6.45) is 6.54. The van der Waals surface area contributed by atoms with Crippen LogP contribution in [0, 0.1) is 5.41 Å². The number of halogens is 1. The molecule has 0 radical (unpaired) electrons. The first-order valence-electron chi connectivity index (χ1n) is 6.31. The van der Waals surface area contributed by atoms with Gasteiger partial charge in [-0.05, 0) is 29.9 Å². The molecular formula is C12H18ClN3O2S. The monoisotopic (exact) mass is 303 g/mol. The predicted octanol–water partition coefficient (Wildman–Crippen LogP) is 2.38. The zero-order valence-corrected chi connectivity index (χ0v) is 12.6.